The Kier molecular flexibility index (Phi) is 6.36. The summed E-state index contributed by atoms with van der Waals surface area (Å²) in [6, 6.07) is 22.9. The summed E-state index contributed by atoms with van der Waals surface area (Å²) in [5.74, 6) is 1.87. The Morgan fingerprint density at radius 2 is 1.72 bits per heavy atom. The van der Waals surface area contributed by atoms with Gasteiger partial charge in [0.2, 0.25) is 5.89 Å². The molecule has 4 rings (SSSR count). The van der Waals surface area contributed by atoms with Crippen LogP contribution in [0, 0.1) is 13.8 Å². The fourth-order valence-electron chi connectivity index (χ4n) is 3.51. The molecule has 162 valence electrons. The molecule has 5 nitrogen and oxygen atoms in total. The lowest BCUT2D eigenvalue weighted by molar-refractivity contribution is 0.102. The molecule has 0 radical (unpaired) electrons. The Labute approximate surface area is 188 Å². The highest BCUT2D eigenvalue weighted by Gasteiger charge is 2.14. The van der Waals surface area contributed by atoms with E-state index < -0.39 is 0 Å². The summed E-state index contributed by atoms with van der Waals surface area (Å²) < 4.78 is 11.6. The Bertz CT molecular complexity index is 1210. The minimum absolute atomic E-state index is 0.138. The second-order valence-electron chi connectivity index (χ2n) is 7.62. The van der Waals surface area contributed by atoms with E-state index in [-0.39, 0.29) is 5.91 Å². The summed E-state index contributed by atoms with van der Waals surface area (Å²) in [4.78, 5) is 17.4. The summed E-state index contributed by atoms with van der Waals surface area (Å²) in [6.45, 7) is 6.28. The molecule has 5 heteroatoms. The summed E-state index contributed by atoms with van der Waals surface area (Å²) in [5.41, 5.74) is 5.19. The quantitative estimate of drug-likeness (QED) is 0.374. The summed E-state index contributed by atoms with van der Waals surface area (Å²) in [5, 5.41) is 3.06. The third kappa shape index (κ3) is 4.72. The van der Waals surface area contributed by atoms with Gasteiger partial charge in [0.05, 0.1) is 0 Å². The summed E-state index contributed by atoms with van der Waals surface area (Å²) in [6.07, 6.45) is 0.857. The highest BCUT2D eigenvalue weighted by molar-refractivity contribution is 6.05. The van der Waals surface area contributed by atoms with Crippen LogP contribution in [0.1, 0.15) is 39.9 Å². The number of ether oxygens (including phenoxy) is 1. The maximum absolute atomic E-state index is 12.8. The average molecular weight is 427 g/mol. The van der Waals surface area contributed by atoms with E-state index in [0.29, 0.717) is 23.8 Å². The molecule has 1 heterocycles. The van der Waals surface area contributed by atoms with Crippen molar-refractivity contribution in [3.63, 3.8) is 0 Å². The molecule has 1 aromatic heterocycles. The molecule has 1 N–H and O–H groups in total. The molecular weight excluding hydrogens is 400 g/mol. The van der Waals surface area contributed by atoms with Gasteiger partial charge in [0.15, 0.2) is 0 Å². The monoisotopic (exact) mass is 426 g/mol. The number of aromatic nitrogens is 1. The fraction of sp³-hybridized carbons (Fsp3) is 0.185. The first kappa shape index (κ1) is 21.4. The molecule has 0 aliphatic rings. The van der Waals surface area contributed by atoms with E-state index >= 15 is 0 Å². The fourth-order valence-corrected chi connectivity index (χ4v) is 3.51. The summed E-state index contributed by atoms with van der Waals surface area (Å²) >= 11 is 0. The number of nitrogens with zero attached hydrogens (tertiary/aromatic N) is 1. The lowest BCUT2D eigenvalue weighted by atomic mass is 10.0. The Balaban J connectivity index is 1.46. The zero-order chi connectivity index (χ0) is 22.5. The molecule has 0 atom stereocenters. The van der Waals surface area contributed by atoms with Crippen LogP contribution in [0.5, 0.6) is 5.75 Å². The van der Waals surface area contributed by atoms with E-state index in [1.165, 1.54) is 0 Å². The van der Waals surface area contributed by atoms with Crippen molar-refractivity contribution in [1.82, 2.24) is 4.98 Å². The van der Waals surface area contributed by atoms with Crippen LogP contribution >= 0.6 is 0 Å². The van der Waals surface area contributed by atoms with Crippen LogP contribution in [0.4, 0.5) is 5.69 Å². The number of carbonyl (C=O) groups is 1. The number of aryl methyl sites for hydroxylation is 3. The molecule has 3 aromatic carbocycles. The number of benzene rings is 3. The topological polar surface area (TPSA) is 64.4 Å². The van der Waals surface area contributed by atoms with Gasteiger partial charge in [-0.05, 0) is 67.8 Å². The maximum Gasteiger partial charge on any atom is 0.255 e. The van der Waals surface area contributed by atoms with E-state index in [4.69, 9.17) is 9.15 Å². The molecule has 0 aliphatic heterocycles. The number of hydrogen-bond donors (Lipinski definition) is 1. The predicted molar refractivity (Wildman–Crippen MR) is 126 cm³/mol. The van der Waals surface area contributed by atoms with Crippen molar-refractivity contribution < 1.29 is 13.9 Å². The smallest absolute Gasteiger partial charge is 0.255 e. The third-order valence-corrected chi connectivity index (χ3v) is 5.38. The number of hydrogen-bond acceptors (Lipinski definition) is 4. The molecule has 32 heavy (non-hydrogen) atoms. The van der Waals surface area contributed by atoms with Crippen molar-refractivity contribution in [2.75, 3.05) is 5.32 Å². The van der Waals surface area contributed by atoms with Gasteiger partial charge in [-0.3, -0.25) is 4.79 Å². The molecule has 1 amide bonds. The Morgan fingerprint density at radius 1 is 0.969 bits per heavy atom. The second-order valence-corrected chi connectivity index (χ2v) is 7.62. The predicted octanol–water partition coefficient (Wildman–Crippen LogP) is 6.35. The van der Waals surface area contributed by atoms with Crippen LogP contribution in [-0.4, -0.2) is 10.9 Å². The zero-order valence-corrected chi connectivity index (χ0v) is 18.5. The molecule has 0 spiro atoms. The normalized spacial score (nSPS) is 10.7. The van der Waals surface area contributed by atoms with Crippen LogP contribution < -0.4 is 10.1 Å². The van der Waals surface area contributed by atoms with Crippen LogP contribution in [0.25, 0.3) is 11.5 Å². The van der Waals surface area contributed by atoms with Crippen molar-refractivity contribution in [3.05, 3.63) is 101 Å². The van der Waals surface area contributed by atoms with Crippen LogP contribution in [-0.2, 0) is 13.0 Å². The van der Waals surface area contributed by atoms with Crippen molar-refractivity contribution in [3.8, 4) is 17.2 Å². The molecule has 0 saturated carbocycles. The van der Waals surface area contributed by atoms with Gasteiger partial charge in [-0.2, -0.15) is 0 Å². The molecule has 0 aliphatic carbocycles. The van der Waals surface area contributed by atoms with Gasteiger partial charge in [-0.25, -0.2) is 4.98 Å². The Morgan fingerprint density at radius 3 is 2.44 bits per heavy atom. The number of anilines is 1. The number of carbonyl (C=O) groups excluding carboxylic acids is 1. The van der Waals surface area contributed by atoms with Gasteiger partial charge in [0.1, 0.15) is 23.8 Å². The van der Waals surface area contributed by atoms with Crippen LogP contribution in [0.3, 0.4) is 0 Å². The van der Waals surface area contributed by atoms with Crippen LogP contribution in [0.15, 0.2) is 77.2 Å². The van der Waals surface area contributed by atoms with Gasteiger partial charge < -0.3 is 14.5 Å². The number of rotatable bonds is 7. The largest absolute Gasteiger partial charge is 0.487 e. The molecule has 0 fully saturated rings. The minimum Gasteiger partial charge on any atom is -0.487 e. The van der Waals surface area contributed by atoms with Gasteiger partial charge in [0, 0.05) is 16.8 Å². The molecule has 4 aromatic rings. The van der Waals surface area contributed by atoms with Crippen molar-refractivity contribution in [1.29, 1.82) is 0 Å². The lowest BCUT2D eigenvalue weighted by Crippen LogP contribution is -2.14. The van der Waals surface area contributed by atoms with Gasteiger partial charge in [-0.1, -0.05) is 43.3 Å². The summed E-state index contributed by atoms with van der Waals surface area (Å²) in [7, 11) is 0. The maximum atomic E-state index is 12.8. The zero-order valence-electron chi connectivity index (χ0n) is 18.5. The lowest BCUT2D eigenvalue weighted by Gasteiger charge is -2.13. The first-order valence-corrected chi connectivity index (χ1v) is 10.7. The van der Waals surface area contributed by atoms with Crippen LogP contribution in [0.2, 0.25) is 0 Å². The molecular formula is C27H26N2O3. The van der Waals surface area contributed by atoms with E-state index in [2.05, 4.69) is 17.2 Å². The highest BCUT2D eigenvalue weighted by atomic mass is 16.5. The number of nitrogens with one attached hydrogen (secondary N) is 1. The highest BCUT2D eigenvalue weighted by Crippen LogP contribution is 2.25. The van der Waals surface area contributed by atoms with Crippen molar-refractivity contribution in [2.24, 2.45) is 0 Å². The second kappa shape index (κ2) is 9.52. The Hall–Kier alpha value is -3.86. The van der Waals surface area contributed by atoms with Gasteiger partial charge in [-0.15, -0.1) is 0 Å². The SMILES string of the molecule is CCc1cccc(C)c1NC(=O)c1ccc(-c2nc(COc3ccccc3)c(C)o2)cc1. The third-order valence-electron chi connectivity index (χ3n) is 5.38. The van der Waals surface area contributed by atoms with Crippen molar-refractivity contribution in [2.45, 2.75) is 33.8 Å². The van der Waals surface area contributed by atoms with Gasteiger partial charge >= 0.3 is 0 Å². The average Bonchev–Trinajstić information content (AvgIpc) is 3.20. The van der Waals surface area contributed by atoms with E-state index in [1.54, 1.807) is 12.1 Å². The first-order chi connectivity index (χ1) is 15.5. The van der Waals surface area contributed by atoms with E-state index in [0.717, 1.165) is 40.2 Å². The molecule has 0 saturated heterocycles. The number of para-hydroxylation sites is 2. The van der Waals surface area contributed by atoms with E-state index in [9.17, 15) is 4.79 Å². The first-order valence-electron chi connectivity index (χ1n) is 10.7. The standard InChI is InChI=1S/C27H26N2O3/c1-4-20-10-8-9-18(2)25(20)29-26(30)21-13-15-22(16-14-21)27-28-24(19(3)32-27)17-31-23-11-6-5-7-12-23/h5-16H,4,17H2,1-3H3,(H,29,30). The van der Waals surface area contributed by atoms with Gasteiger partial charge in [0.25, 0.3) is 5.91 Å². The molecule has 0 unspecified atom stereocenters. The number of oxazole rings is 1. The van der Waals surface area contributed by atoms with Crippen molar-refractivity contribution >= 4 is 11.6 Å². The minimum atomic E-state index is -0.138. The number of amides is 1. The van der Waals surface area contributed by atoms with E-state index in [1.807, 2.05) is 74.5 Å². The molecule has 0 bridgehead atoms.